The van der Waals surface area contributed by atoms with E-state index in [0.29, 0.717) is 12.0 Å². The largest absolute Gasteiger partial charge is 0.372 e. The molecule has 2 unspecified atom stereocenters. The lowest BCUT2D eigenvalue weighted by atomic mass is 9.87. The van der Waals surface area contributed by atoms with Crippen LogP contribution in [-0.2, 0) is 18.0 Å². The van der Waals surface area contributed by atoms with Crippen LogP contribution in [-0.4, -0.2) is 6.54 Å². The predicted molar refractivity (Wildman–Crippen MR) is 86.2 cm³/mol. The summed E-state index contributed by atoms with van der Waals surface area (Å²) in [7, 11) is 0. The average Bonchev–Trinajstić information content (AvgIpc) is 3.00. The van der Waals surface area contributed by atoms with E-state index in [1.807, 2.05) is 0 Å². The van der Waals surface area contributed by atoms with Crippen LogP contribution in [0, 0.1) is 0 Å². The summed E-state index contributed by atoms with van der Waals surface area (Å²) in [5, 5.41) is 3.65. The fourth-order valence-electron chi connectivity index (χ4n) is 3.14. The van der Waals surface area contributed by atoms with Crippen molar-refractivity contribution in [1.29, 1.82) is 0 Å². The molecule has 1 aliphatic rings. The Balaban J connectivity index is 1.90. The molecule has 2 heteroatoms. The van der Waals surface area contributed by atoms with Gasteiger partial charge in [0.25, 0.3) is 0 Å². The summed E-state index contributed by atoms with van der Waals surface area (Å²) in [6.45, 7) is 6.94. The van der Waals surface area contributed by atoms with Crippen molar-refractivity contribution in [2.45, 2.75) is 39.0 Å². The van der Waals surface area contributed by atoms with Crippen LogP contribution in [0.1, 0.15) is 48.1 Å². The molecule has 3 rings (SSSR count). The Morgan fingerprint density at radius 2 is 1.76 bits per heavy atom. The van der Waals surface area contributed by atoms with E-state index < -0.39 is 0 Å². The van der Waals surface area contributed by atoms with Gasteiger partial charge in [0.2, 0.25) is 0 Å². The molecule has 0 aromatic heterocycles. The van der Waals surface area contributed by atoms with Crippen LogP contribution in [0.4, 0.5) is 0 Å². The summed E-state index contributed by atoms with van der Waals surface area (Å²) in [5.41, 5.74) is 5.41. The van der Waals surface area contributed by atoms with Crippen LogP contribution in [0.2, 0.25) is 0 Å². The number of nitrogens with one attached hydrogen (secondary N) is 1. The third-order valence-corrected chi connectivity index (χ3v) is 4.35. The van der Waals surface area contributed by atoms with Crippen molar-refractivity contribution >= 4 is 0 Å². The van der Waals surface area contributed by atoms with Gasteiger partial charge in [-0.25, -0.2) is 0 Å². The van der Waals surface area contributed by atoms with E-state index in [1.165, 1.54) is 22.3 Å². The minimum Gasteiger partial charge on any atom is -0.372 e. The van der Waals surface area contributed by atoms with Gasteiger partial charge in [0.1, 0.15) is 0 Å². The standard InChI is InChI=1S/C19H23NO/c1-3-20-19(14(2)15-7-5-4-6-8-15)16-9-10-17-12-21-13-18(17)11-16/h4-11,14,19-20H,3,12-13H2,1-2H3. The lowest BCUT2D eigenvalue weighted by Crippen LogP contribution is -2.26. The summed E-state index contributed by atoms with van der Waals surface area (Å²) in [4.78, 5) is 0. The van der Waals surface area contributed by atoms with Gasteiger partial charge in [-0.05, 0) is 28.8 Å². The van der Waals surface area contributed by atoms with Gasteiger partial charge in [-0.3, -0.25) is 0 Å². The lowest BCUT2D eigenvalue weighted by molar-refractivity contribution is 0.134. The van der Waals surface area contributed by atoms with E-state index in [1.54, 1.807) is 0 Å². The highest BCUT2D eigenvalue weighted by atomic mass is 16.5. The van der Waals surface area contributed by atoms with E-state index >= 15 is 0 Å². The van der Waals surface area contributed by atoms with Crippen LogP contribution in [0.3, 0.4) is 0 Å². The SMILES string of the molecule is CCNC(c1ccc2c(c1)COC2)C(C)c1ccccc1. The Morgan fingerprint density at radius 1 is 1.00 bits per heavy atom. The van der Waals surface area contributed by atoms with Crippen LogP contribution in [0.25, 0.3) is 0 Å². The first kappa shape index (κ1) is 14.3. The summed E-state index contributed by atoms with van der Waals surface area (Å²) in [5.74, 6) is 0.437. The molecule has 2 aromatic carbocycles. The maximum atomic E-state index is 5.53. The van der Waals surface area contributed by atoms with E-state index in [2.05, 4.69) is 67.7 Å². The third kappa shape index (κ3) is 3.02. The third-order valence-electron chi connectivity index (χ3n) is 4.35. The molecule has 0 spiro atoms. The Bertz CT molecular complexity index is 594. The molecule has 0 bridgehead atoms. The van der Waals surface area contributed by atoms with Gasteiger partial charge in [0.15, 0.2) is 0 Å². The van der Waals surface area contributed by atoms with E-state index in [-0.39, 0.29) is 0 Å². The van der Waals surface area contributed by atoms with Crippen molar-refractivity contribution in [2.24, 2.45) is 0 Å². The zero-order chi connectivity index (χ0) is 14.7. The first-order chi connectivity index (χ1) is 10.3. The summed E-state index contributed by atoms with van der Waals surface area (Å²) < 4.78 is 5.53. The van der Waals surface area contributed by atoms with Crippen LogP contribution < -0.4 is 5.32 Å². The zero-order valence-electron chi connectivity index (χ0n) is 12.8. The number of hydrogen-bond acceptors (Lipinski definition) is 2. The molecule has 110 valence electrons. The second-order valence-corrected chi connectivity index (χ2v) is 5.76. The molecule has 0 fully saturated rings. The number of benzene rings is 2. The highest BCUT2D eigenvalue weighted by Crippen LogP contribution is 2.32. The van der Waals surface area contributed by atoms with Gasteiger partial charge in [-0.15, -0.1) is 0 Å². The van der Waals surface area contributed by atoms with Gasteiger partial charge in [-0.2, -0.15) is 0 Å². The molecule has 21 heavy (non-hydrogen) atoms. The van der Waals surface area contributed by atoms with E-state index in [0.717, 1.165) is 19.8 Å². The summed E-state index contributed by atoms with van der Waals surface area (Å²) >= 11 is 0. The van der Waals surface area contributed by atoms with Gasteiger partial charge < -0.3 is 10.1 Å². The Labute approximate surface area is 127 Å². The van der Waals surface area contributed by atoms with E-state index in [9.17, 15) is 0 Å². The molecule has 0 radical (unpaired) electrons. The second-order valence-electron chi connectivity index (χ2n) is 5.76. The van der Waals surface area contributed by atoms with Crippen LogP contribution >= 0.6 is 0 Å². The molecular formula is C19H23NO. The fourth-order valence-corrected chi connectivity index (χ4v) is 3.14. The Morgan fingerprint density at radius 3 is 2.52 bits per heavy atom. The van der Waals surface area contributed by atoms with Gasteiger partial charge in [-0.1, -0.05) is 62.4 Å². The monoisotopic (exact) mass is 281 g/mol. The topological polar surface area (TPSA) is 21.3 Å². The first-order valence-corrected chi connectivity index (χ1v) is 7.77. The Kier molecular flexibility index (Phi) is 4.37. The summed E-state index contributed by atoms with van der Waals surface area (Å²) in [6, 6.07) is 17.9. The zero-order valence-corrected chi connectivity index (χ0v) is 12.8. The molecule has 1 heterocycles. The highest BCUT2D eigenvalue weighted by molar-refractivity contribution is 5.36. The molecule has 0 aliphatic carbocycles. The molecule has 2 nitrogen and oxygen atoms in total. The summed E-state index contributed by atoms with van der Waals surface area (Å²) in [6.07, 6.45) is 0. The second kappa shape index (κ2) is 6.42. The highest BCUT2D eigenvalue weighted by Gasteiger charge is 2.21. The minimum atomic E-state index is 0.336. The number of likely N-dealkylation sites (N-methyl/N-ethyl adjacent to an activating group) is 1. The molecule has 1 aliphatic heterocycles. The molecule has 2 aromatic rings. The van der Waals surface area contributed by atoms with Gasteiger partial charge in [0, 0.05) is 12.0 Å². The van der Waals surface area contributed by atoms with Gasteiger partial charge >= 0.3 is 0 Å². The smallest absolute Gasteiger partial charge is 0.0725 e. The van der Waals surface area contributed by atoms with Gasteiger partial charge in [0.05, 0.1) is 13.2 Å². The minimum absolute atomic E-state index is 0.336. The maximum Gasteiger partial charge on any atom is 0.0725 e. The molecule has 0 saturated heterocycles. The molecular weight excluding hydrogens is 258 g/mol. The average molecular weight is 281 g/mol. The Hall–Kier alpha value is -1.64. The maximum absolute atomic E-state index is 5.53. The fraction of sp³-hybridized carbons (Fsp3) is 0.368. The number of fused-ring (bicyclic) bond motifs is 1. The van der Waals surface area contributed by atoms with Crippen molar-refractivity contribution < 1.29 is 4.74 Å². The number of rotatable bonds is 5. The molecule has 0 amide bonds. The van der Waals surface area contributed by atoms with Crippen LogP contribution in [0.5, 0.6) is 0 Å². The van der Waals surface area contributed by atoms with Crippen molar-refractivity contribution in [3.05, 3.63) is 70.8 Å². The molecule has 1 N–H and O–H groups in total. The number of hydrogen-bond donors (Lipinski definition) is 1. The number of ether oxygens (including phenoxy) is 1. The van der Waals surface area contributed by atoms with Crippen molar-refractivity contribution in [1.82, 2.24) is 5.32 Å². The van der Waals surface area contributed by atoms with E-state index in [4.69, 9.17) is 4.74 Å². The van der Waals surface area contributed by atoms with Crippen LogP contribution in [0.15, 0.2) is 48.5 Å². The molecule has 0 saturated carbocycles. The van der Waals surface area contributed by atoms with Crippen molar-refractivity contribution in [3.63, 3.8) is 0 Å². The normalized spacial score (nSPS) is 16.5. The molecule has 2 atom stereocenters. The lowest BCUT2D eigenvalue weighted by Gasteiger charge is -2.26. The van der Waals surface area contributed by atoms with Crippen molar-refractivity contribution in [2.75, 3.05) is 6.54 Å². The van der Waals surface area contributed by atoms with Crippen molar-refractivity contribution in [3.8, 4) is 0 Å². The predicted octanol–water partition coefficient (Wildman–Crippen LogP) is 4.17. The first-order valence-electron chi connectivity index (χ1n) is 7.77. The quantitative estimate of drug-likeness (QED) is 0.888.